The third-order valence-electron chi connectivity index (χ3n) is 2.05. The lowest BCUT2D eigenvalue weighted by atomic mass is 10.3. The summed E-state index contributed by atoms with van der Waals surface area (Å²) in [7, 11) is 6.35. The maximum atomic E-state index is 3.88. The van der Waals surface area contributed by atoms with Gasteiger partial charge in [0, 0.05) is 11.6 Å². The highest BCUT2D eigenvalue weighted by molar-refractivity contribution is 5.90. The minimum absolute atomic E-state index is 0.759. The molecule has 2 heterocycles. The van der Waals surface area contributed by atoms with Crippen LogP contribution in [0.2, 0.25) is 0 Å². The minimum Gasteiger partial charge on any atom is -0.317 e. The van der Waals surface area contributed by atoms with E-state index in [4.69, 9.17) is 0 Å². The van der Waals surface area contributed by atoms with Gasteiger partial charge in [-0.15, -0.1) is 0 Å². The normalized spacial score (nSPS) is 12.2. The Kier molecular flexibility index (Phi) is 1.60. The van der Waals surface area contributed by atoms with Crippen LogP contribution in [0.5, 0.6) is 0 Å². The van der Waals surface area contributed by atoms with Crippen LogP contribution in [0.3, 0.4) is 0 Å². The molecule has 2 aromatic rings. The number of nitrogens with one attached hydrogen (secondary N) is 1. The van der Waals surface area contributed by atoms with Crippen molar-refractivity contribution in [3.63, 3.8) is 0 Å². The maximum absolute atomic E-state index is 3.88. The van der Waals surface area contributed by atoms with Crippen LogP contribution in [0.15, 0.2) is 18.6 Å². The summed E-state index contributed by atoms with van der Waals surface area (Å²) in [5.74, 6) is 1.16. The van der Waals surface area contributed by atoms with Crippen molar-refractivity contribution in [2.45, 2.75) is 0 Å². The monoisotopic (exact) mass is 177 g/mol. The molecule has 0 saturated heterocycles. The van der Waals surface area contributed by atoms with Gasteiger partial charge in [0.25, 0.3) is 0 Å². The van der Waals surface area contributed by atoms with Crippen LogP contribution in [0.4, 0.5) is 5.82 Å². The molecule has 68 valence electrons. The molecular weight excluding hydrogens is 164 g/mol. The molecule has 0 fully saturated rings. The summed E-state index contributed by atoms with van der Waals surface area (Å²) in [6.45, 7) is 0. The van der Waals surface area contributed by atoms with E-state index in [9.17, 15) is 0 Å². The zero-order valence-corrected chi connectivity index (χ0v) is 8.07. The molecule has 0 saturated carbocycles. The topological polar surface area (TPSA) is 41.6 Å². The van der Waals surface area contributed by atoms with E-state index in [1.165, 1.54) is 0 Å². The summed E-state index contributed by atoms with van der Waals surface area (Å²) in [6, 6.07) is 0. The summed E-state index contributed by atoms with van der Waals surface area (Å²) < 4.78 is 0.759. The molecule has 0 aromatic carbocycles. The molecule has 0 atom stereocenters. The van der Waals surface area contributed by atoms with E-state index in [0.717, 1.165) is 21.1 Å². The molecule has 13 heavy (non-hydrogen) atoms. The first-order chi connectivity index (χ1) is 6.09. The first kappa shape index (κ1) is 8.19. The quantitative estimate of drug-likeness (QED) is 0.664. The van der Waals surface area contributed by atoms with Gasteiger partial charge < -0.3 is 4.98 Å². The number of rotatable bonds is 1. The van der Waals surface area contributed by atoms with Gasteiger partial charge in [0.05, 0.1) is 38.9 Å². The van der Waals surface area contributed by atoms with Crippen LogP contribution < -0.4 is 4.48 Å². The molecule has 0 amide bonds. The van der Waals surface area contributed by atoms with Gasteiger partial charge in [-0.25, -0.2) is 0 Å². The Balaban J connectivity index is 2.72. The van der Waals surface area contributed by atoms with Gasteiger partial charge in [0.2, 0.25) is 5.82 Å². The smallest absolute Gasteiger partial charge is 0.214 e. The van der Waals surface area contributed by atoms with Crippen LogP contribution in [0.1, 0.15) is 0 Å². The molecule has 4 heteroatoms. The largest absolute Gasteiger partial charge is 0.317 e. The number of aromatic nitrogens is 3. The Morgan fingerprint density at radius 3 is 2.54 bits per heavy atom. The predicted molar refractivity (Wildman–Crippen MR) is 53.5 cm³/mol. The van der Waals surface area contributed by atoms with Gasteiger partial charge in [-0.05, 0) is 0 Å². The second-order valence-electron chi connectivity index (χ2n) is 4.01. The summed E-state index contributed by atoms with van der Waals surface area (Å²) in [4.78, 5) is 3.25. The van der Waals surface area contributed by atoms with E-state index >= 15 is 0 Å². The molecule has 0 aliphatic heterocycles. The van der Waals surface area contributed by atoms with Crippen molar-refractivity contribution in [2.75, 3.05) is 21.1 Å². The molecule has 2 aromatic heterocycles. The fourth-order valence-electron chi connectivity index (χ4n) is 1.42. The molecule has 1 N–H and O–H groups in total. The maximum Gasteiger partial charge on any atom is 0.214 e. The minimum atomic E-state index is 0.759. The van der Waals surface area contributed by atoms with Crippen molar-refractivity contribution in [1.29, 1.82) is 0 Å². The van der Waals surface area contributed by atoms with Crippen LogP contribution >= 0.6 is 0 Å². The number of aromatic amines is 1. The van der Waals surface area contributed by atoms with Gasteiger partial charge in [0.15, 0.2) is 0 Å². The second kappa shape index (κ2) is 2.53. The highest BCUT2D eigenvalue weighted by Gasteiger charge is 2.17. The average molecular weight is 177 g/mol. The van der Waals surface area contributed by atoms with Gasteiger partial charge in [-0.2, -0.15) is 10.2 Å². The van der Waals surface area contributed by atoms with Gasteiger partial charge in [-0.3, -0.25) is 4.48 Å². The SMILES string of the molecule is C[N+](C)(C)c1[nH]cc2cnncc12. The Bertz CT molecular complexity index is 424. The van der Waals surface area contributed by atoms with Crippen molar-refractivity contribution >= 4 is 16.6 Å². The lowest BCUT2D eigenvalue weighted by Gasteiger charge is -2.21. The van der Waals surface area contributed by atoms with E-state index in [1.807, 2.05) is 6.20 Å². The average Bonchev–Trinajstić information content (AvgIpc) is 2.45. The Labute approximate surface area is 76.8 Å². The Hall–Kier alpha value is -1.42. The van der Waals surface area contributed by atoms with E-state index in [1.54, 1.807) is 12.4 Å². The molecule has 0 bridgehead atoms. The third-order valence-corrected chi connectivity index (χ3v) is 2.05. The van der Waals surface area contributed by atoms with E-state index in [-0.39, 0.29) is 0 Å². The van der Waals surface area contributed by atoms with Gasteiger partial charge in [-0.1, -0.05) is 0 Å². The van der Waals surface area contributed by atoms with Gasteiger partial charge in [0.1, 0.15) is 0 Å². The van der Waals surface area contributed by atoms with Crippen LogP contribution in [0, 0.1) is 0 Å². The molecular formula is C9H13N4+. The highest BCUT2D eigenvalue weighted by Crippen LogP contribution is 2.25. The van der Waals surface area contributed by atoms with E-state index < -0.39 is 0 Å². The number of fused-ring (bicyclic) bond motifs is 1. The van der Waals surface area contributed by atoms with Crippen molar-refractivity contribution < 1.29 is 0 Å². The molecule has 0 spiro atoms. The molecule has 0 radical (unpaired) electrons. The Morgan fingerprint density at radius 1 is 1.15 bits per heavy atom. The summed E-state index contributed by atoms with van der Waals surface area (Å²) in [5.41, 5.74) is 0. The van der Waals surface area contributed by atoms with Crippen molar-refractivity contribution in [3.05, 3.63) is 18.6 Å². The summed E-state index contributed by atoms with van der Waals surface area (Å²) >= 11 is 0. The van der Waals surface area contributed by atoms with E-state index in [0.29, 0.717) is 0 Å². The number of H-pyrrole nitrogens is 1. The lowest BCUT2D eigenvalue weighted by molar-refractivity contribution is 0.479. The number of hydrogen-bond acceptors (Lipinski definition) is 2. The predicted octanol–water partition coefficient (Wildman–Crippen LogP) is 1.15. The number of nitrogens with zero attached hydrogens (tertiary/aromatic N) is 3. The van der Waals surface area contributed by atoms with Crippen LogP contribution in [0.25, 0.3) is 10.8 Å². The van der Waals surface area contributed by atoms with Crippen molar-refractivity contribution in [2.24, 2.45) is 0 Å². The van der Waals surface area contributed by atoms with Gasteiger partial charge >= 0.3 is 0 Å². The molecule has 4 nitrogen and oxygen atoms in total. The fraction of sp³-hybridized carbons (Fsp3) is 0.333. The zero-order chi connectivity index (χ0) is 9.47. The van der Waals surface area contributed by atoms with Crippen LogP contribution in [-0.4, -0.2) is 36.3 Å². The van der Waals surface area contributed by atoms with Crippen LogP contribution in [-0.2, 0) is 0 Å². The number of hydrogen-bond donors (Lipinski definition) is 1. The molecule has 0 aliphatic carbocycles. The first-order valence-corrected chi connectivity index (χ1v) is 4.19. The molecule has 2 rings (SSSR count). The molecule has 0 aliphatic rings. The first-order valence-electron chi connectivity index (χ1n) is 4.19. The number of quaternary nitrogens is 1. The summed E-state index contributed by atoms with van der Waals surface area (Å²) in [6.07, 6.45) is 5.53. The third kappa shape index (κ3) is 1.29. The Morgan fingerprint density at radius 2 is 1.85 bits per heavy atom. The second-order valence-corrected chi connectivity index (χ2v) is 4.01. The van der Waals surface area contributed by atoms with E-state index in [2.05, 4.69) is 36.3 Å². The zero-order valence-electron chi connectivity index (χ0n) is 8.07. The lowest BCUT2D eigenvalue weighted by Crippen LogP contribution is -2.35. The highest BCUT2D eigenvalue weighted by atomic mass is 15.3. The standard InChI is InChI=1S/C9H13N4/c1-13(2,3)9-8-6-12-11-5-7(8)4-10-9/h4-6,10H,1-3H3/q+1. The summed E-state index contributed by atoms with van der Waals surface area (Å²) in [5, 5.41) is 9.96. The fourth-order valence-corrected chi connectivity index (χ4v) is 1.42. The molecule has 0 unspecified atom stereocenters. The van der Waals surface area contributed by atoms with Crippen molar-refractivity contribution in [3.8, 4) is 0 Å². The van der Waals surface area contributed by atoms with Crippen molar-refractivity contribution in [1.82, 2.24) is 19.7 Å².